The molecule has 3 aromatic carbocycles. The van der Waals surface area contributed by atoms with E-state index in [9.17, 15) is 14.7 Å². The number of carboxylic acid groups (broad SMARTS) is 1. The topological polar surface area (TPSA) is 66.4 Å². The highest BCUT2D eigenvalue weighted by molar-refractivity contribution is 6.30. The Kier molecular flexibility index (Phi) is 5.54. The molecule has 0 bridgehead atoms. The van der Waals surface area contributed by atoms with Crippen LogP contribution < -0.4 is 5.32 Å². The molecule has 0 saturated heterocycles. The highest BCUT2D eigenvalue weighted by Crippen LogP contribution is 2.34. The first-order valence-corrected chi connectivity index (χ1v) is 10.3. The fourth-order valence-electron chi connectivity index (χ4n) is 3.93. The molecule has 0 saturated carbocycles. The normalized spacial score (nSPS) is 17.4. The van der Waals surface area contributed by atoms with Gasteiger partial charge in [-0.15, -0.1) is 0 Å². The van der Waals surface area contributed by atoms with Crippen molar-refractivity contribution in [2.75, 3.05) is 0 Å². The number of carbonyl (C=O) groups is 2. The van der Waals surface area contributed by atoms with Gasteiger partial charge in [-0.3, -0.25) is 4.79 Å². The number of halogens is 2. The number of nitrogens with one attached hydrogen (secondary N) is 1. The number of aliphatic carboxylic acids is 1. The van der Waals surface area contributed by atoms with E-state index in [0.29, 0.717) is 10.0 Å². The largest absolute Gasteiger partial charge is 0.479 e. The van der Waals surface area contributed by atoms with Crippen molar-refractivity contribution in [3.8, 4) is 11.1 Å². The Labute approximate surface area is 184 Å². The number of carboxylic acids is 1. The Morgan fingerprint density at radius 1 is 0.867 bits per heavy atom. The standard InChI is InChI=1S/C24H19Cl2NO3/c25-20-8-6-16(7-9-20)17-4-5-18-13-24(23(29)30,14-19(18)12-17)27-22(28)11-15-2-1-3-21(26)10-15/h1-10,12H,11,13-14H2,(H,27,28)(H,29,30). The molecule has 30 heavy (non-hydrogen) atoms. The van der Waals surface area contributed by atoms with Gasteiger partial charge in [-0.2, -0.15) is 0 Å². The minimum Gasteiger partial charge on any atom is -0.479 e. The average Bonchev–Trinajstić information content (AvgIpc) is 3.07. The van der Waals surface area contributed by atoms with Crippen molar-refractivity contribution in [1.82, 2.24) is 5.32 Å². The molecule has 0 radical (unpaired) electrons. The summed E-state index contributed by atoms with van der Waals surface area (Å²) in [5.74, 6) is -1.38. The lowest BCUT2D eigenvalue weighted by Gasteiger charge is -2.25. The van der Waals surface area contributed by atoms with Gasteiger partial charge in [0.05, 0.1) is 6.42 Å². The maximum absolute atomic E-state index is 12.6. The van der Waals surface area contributed by atoms with Gasteiger partial charge in [0.15, 0.2) is 0 Å². The molecule has 1 aliphatic carbocycles. The molecule has 1 amide bonds. The maximum atomic E-state index is 12.6. The molecule has 2 N–H and O–H groups in total. The number of fused-ring (bicyclic) bond motifs is 1. The van der Waals surface area contributed by atoms with E-state index in [1.807, 2.05) is 42.5 Å². The van der Waals surface area contributed by atoms with E-state index < -0.39 is 11.5 Å². The predicted molar refractivity (Wildman–Crippen MR) is 118 cm³/mol. The number of amides is 1. The SMILES string of the molecule is O=C(Cc1cccc(Cl)c1)NC1(C(=O)O)Cc2ccc(-c3ccc(Cl)cc3)cc2C1. The summed E-state index contributed by atoms with van der Waals surface area (Å²) in [5, 5.41) is 13.9. The van der Waals surface area contributed by atoms with Gasteiger partial charge in [0.2, 0.25) is 5.91 Å². The third-order valence-electron chi connectivity index (χ3n) is 5.41. The number of benzene rings is 3. The van der Waals surface area contributed by atoms with Gasteiger partial charge in [0, 0.05) is 22.9 Å². The predicted octanol–water partition coefficient (Wildman–Crippen LogP) is 4.94. The first-order valence-electron chi connectivity index (χ1n) is 9.51. The van der Waals surface area contributed by atoms with Crippen LogP contribution in [-0.2, 0) is 28.9 Å². The van der Waals surface area contributed by atoms with Crippen LogP contribution in [0.25, 0.3) is 11.1 Å². The van der Waals surface area contributed by atoms with Gasteiger partial charge in [-0.05, 0) is 52.1 Å². The van der Waals surface area contributed by atoms with Crippen LogP contribution in [0, 0.1) is 0 Å². The molecule has 0 aliphatic heterocycles. The second kappa shape index (κ2) is 8.13. The summed E-state index contributed by atoms with van der Waals surface area (Å²) in [4.78, 5) is 24.8. The molecule has 1 aliphatic rings. The van der Waals surface area contributed by atoms with E-state index in [2.05, 4.69) is 5.32 Å². The summed E-state index contributed by atoms with van der Waals surface area (Å²) in [6, 6.07) is 20.4. The van der Waals surface area contributed by atoms with E-state index in [1.54, 1.807) is 24.3 Å². The lowest BCUT2D eigenvalue weighted by molar-refractivity contribution is -0.147. The molecule has 6 heteroatoms. The summed E-state index contributed by atoms with van der Waals surface area (Å²) in [5.41, 5.74) is 3.22. The molecule has 1 unspecified atom stereocenters. The Morgan fingerprint density at radius 2 is 1.57 bits per heavy atom. The van der Waals surface area contributed by atoms with Gasteiger partial charge >= 0.3 is 5.97 Å². The molecular formula is C24H19Cl2NO3. The van der Waals surface area contributed by atoms with Crippen molar-refractivity contribution in [2.45, 2.75) is 24.8 Å². The molecule has 152 valence electrons. The van der Waals surface area contributed by atoms with Crippen LogP contribution in [0.5, 0.6) is 0 Å². The highest BCUT2D eigenvalue weighted by Gasteiger charge is 2.45. The molecule has 4 rings (SSSR count). The Bertz CT molecular complexity index is 1130. The van der Waals surface area contributed by atoms with E-state index in [0.717, 1.165) is 27.8 Å². The fourth-order valence-corrected chi connectivity index (χ4v) is 4.27. The van der Waals surface area contributed by atoms with Gasteiger partial charge < -0.3 is 10.4 Å². The summed E-state index contributed by atoms with van der Waals surface area (Å²) in [6.07, 6.45) is 0.558. The van der Waals surface area contributed by atoms with Gasteiger partial charge in [0.1, 0.15) is 5.54 Å². The number of carbonyl (C=O) groups excluding carboxylic acids is 1. The van der Waals surface area contributed by atoms with Crippen molar-refractivity contribution in [1.29, 1.82) is 0 Å². The van der Waals surface area contributed by atoms with Crippen molar-refractivity contribution in [3.05, 3.63) is 93.5 Å². The van der Waals surface area contributed by atoms with Crippen molar-refractivity contribution in [3.63, 3.8) is 0 Å². The van der Waals surface area contributed by atoms with Crippen molar-refractivity contribution in [2.24, 2.45) is 0 Å². The monoisotopic (exact) mass is 439 g/mol. The molecular weight excluding hydrogens is 421 g/mol. The molecule has 0 heterocycles. The number of rotatable bonds is 5. The lowest BCUT2D eigenvalue weighted by Crippen LogP contribution is -2.55. The van der Waals surface area contributed by atoms with Gasteiger partial charge in [-0.25, -0.2) is 4.79 Å². The Balaban J connectivity index is 1.55. The zero-order chi connectivity index (χ0) is 21.3. The zero-order valence-corrected chi connectivity index (χ0v) is 17.5. The second-order valence-electron chi connectivity index (χ2n) is 7.59. The van der Waals surface area contributed by atoms with E-state index in [1.165, 1.54) is 0 Å². The quantitative estimate of drug-likeness (QED) is 0.591. The number of hydrogen-bond donors (Lipinski definition) is 2. The van der Waals surface area contributed by atoms with E-state index in [-0.39, 0.29) is 25.2 Å². The van der Waals surface area contributed by atoms with Crippen molar-refractivity contribution >= 4 is 35.1 Å². The van der Waals surface area contributed by atoms with E-state index in [4.69, 9.17) is 23.2 Å². The molecule has 3 aromatic rings. The first-order chi connectivity index (χ1) is 14.3. The maximum Gasteiger partial charge on any atom is 0.330 e. The van der Waals surface area contributed by atoms with Crippen LogP contribution in [0.4, 0.5) is 0 Å². The van der Waals surface area contributed by atoms with Gasteiger partial charge in [0.25, 0.3) is 0 Å². The minimum atomic E-state index is -1.35. The van der Waals surface area contributed by atoms with Crippen LogP contribution >= 0.6 is 23.2 Å². The molecule has 1 atom stereocenters. The van der Waals surface area contributed by atoms with Crippen LogP contribution in [0.15, 0.2) is 66.7 Å². The summed E-state index contributed by atoms with van der Waals surface area (Å²) in [6.45, 7) is 0. The van der Waals surface area contributed by atoms with Crippen molar-refractivity contribution < 1.29 is 14.7 Å². The van der Waals surface area contributed by atoms with Crippen LogP contribution in [0.1, 0.15) is 16.7 Å². The van der Waals surface area contributed by atoms with Crippen LogP contribution in [-0.4, -0.2) is 22.5 Å². The Hall–Kier alpha value is -2.82. The summed E-state index contributed by atoms with van der Waals surface area (Å²) < 4.78 is 0. The fraction of sp³-hybridized carbons (Fsp3) is 0.167. The molecule has 0 aromatic heterocycles. The summed E-state index contributed by atoms with van der Waals surface area (Å²) in [7, 11) is 0. The summed E-state index contributed by atoms with van der Waals surface area (Å²) >= 11 is 11.9. The Morgan fingerprint density at radius 3 is 2.27 bits per heavy atom. The zero-order valence-electron chi connectivity index (χ0n) is 16.0. The lowest BCUT2D eigenvalue weighted by atomic mass is 9.95. The van der Waals surface area contributed by atoms with E-state index >= 15 is 0 Å². The average molecular weight is 440 g/mol. The van der Waals surface area contributed by atoms with Crippen LogP contribution in [0.3, 0.4) is 0 Å². The number of hydrogen-bond acceptors (Lipinski definition) is 2. The third kappa shape index (κ3) is 4.20. The molecule has 4 nitrogen and oxygen atoms in total. The van der Waals surface area contributed by atoms with Gasteiger partial charge in [-0.1, -0.05) is 65.7 Å². The first kappa shape index (κ1) is 20.5. The molecule has 0 spiro atoms. The second-order valence-corrected chi connectivity index (χ2v) is 8.46. The third-order valence-corrected chi connectivity index (χ3v) is 5.90. The van der Waals surface area contributed by atoms with Crippen LogP contribution in [0.2, 0.25) is 10.0 Å². The highest BCUT2D eigenvalue weighted by atomic mass is 35.5. The smallest absolute Gasteiger partial charge is 0.330 e. The minimum absolute atomic E-state index is 0.0714. The molecule has 0 fully saturated rings.